The molecule has 2 rings (SSSR count). The number of carbonyl (C=O) groups excluding carboxylic acids is 3. The zero-order chi connectivity index (χ0) is 17.7. The Morgan fingerprint density at radius 2 is 1.92 bits per heavy atom. The van der Waals surface area contributed by atoms with Crippen LogP contribution in [0.25, 0.3) is 5.82 Å². The first-order valence-electron chi connectivity index (χ1n) is 6.96. The van der Waals surface area contributed by atoms with Gasteiger partial charge in [-0.05, 0) is 24.6 Å². The van der Waals surface area contributed by atoms with Gasteiger partial charge in [0.1, 0.15) is 11.6 Å². The summed E-state index contributed by atoms with van der Waals surface area (Å²) in [6.07, 6.45) is 5.02. The number of nitrogens with zero attached hydrogens (tertiary/aromatic N) is 3. The number of urea groups is 1. The first-order chi connectivity index (χ1) is 11.4. The Kier molecular flexibility index (Phi) is 5.09. The zero-order valence-electron chi connectivity index (χ0n) is 12.9. The number of hydrogen-bond donors (Lipinski definition) is 4. The van der Waals surface area contributed by atoms with Gasteiger partial charge in [0.15, 0.2) is 6.04 Å². The van der Waals surface area contributed by atoms with Gasteiger partial charge in [0.25, 0.3) is 0 Å². The third-order valence-electron chi connectivity index (χ3n) is 3.18. The molecule has 10 heteroatoms. The van der Waals surface area contributed by atoms with Gasteiger partial charge in [-0.1, -0.05) is 0 Å². The number of pyridine rings is 1. The number of nitrogens with two attached hydrogens (primary N) is 2. The van der Waals surface area contributed by atoms with E-state index in [1.165, 1.54) is 0 Å². The third kappa shape index (κ3) is 4.06. The molecule has 4 amide bonds. The van der Waals surface area contributed by atoms with E-state index in [1.54, 1.807) is 35.3 Å². The molecule has 0 saturated heterocycles. The molecular weight excluding hydrogens is 314 g/mol. The molecule has 0 fully saturated rings. The van der Waals surface area contributed by atoms with Crippen LogP contribution in [0.2, 0.25) is 0 Å². The maximum absolute atomic E-state index is 11.7. The number of amides is 4. The van der Waals surface area contributed by atoms with Gasteiger partial charge >= 0.3 is 6.03 Å². The summed E-state index contributed by atoms with van der Waals surface area (Å²) in [7, 11) is 0. The van der Waals surface area contributed by atoms with Crippen LogP contribution in [0, 0.1) is 6.92 Å². The highest BCUT2D eigenvalue weighted by atomic mass is 16.2. The molecule has 0 saturated carbocycles. The maximum atomic E-state index is 11.7. The zero-order valence-corrected chi connectivity index (χ0v) is 12.9. The highest BCUT2D eigenvalue weighted by Crippen LogP contribution is 2.09. The minimum absolute atomic E-state index is 0.152. The Morgan fingerprint density at radius 3 is 2.50 bits per heavy atom. The molecule has 0 aliphatic heterocycles. The Morgan fingerprint density at radius 1 is 1.21 bits per heavy atom. The summed E-state index contributed by atoms with van der Waals surface area (Å²) in [4.78, 5) is 42.1. The van der Waals surface area contributed by atoms with Gasteiger partial charge < -0.3 is 22.1 Å². The van der Waals surface area contributed by atoms with E-state index in [0.717, 1.165) is 11.4 Å². The smallest absolute Gasteiger partial charge is 0.316 e. The van der Waals surface area contributed by atoms with Crippen LogP contribution in [0.15, 0.2) is 30.7 Å². The molecular formula is C14H17N7O3. The number of aromatic nitrogens is 3. The lowest BCUT2D eigenvalue weighted by molar-refractivity contribution is -0.128. The Hall–Kier alpha value is -3.43. The summed E-state index contributed by atoms with van der Waals surface area (Å²) in [6.45, 7) is 1.99. The average Bonchev–Trinajstić information content (AvgIpc) is 2.96. The number of nitrogens with one attached hydrogen (secondary N) is 2. The lowest BCUT2D eigenvalue weighted by Crippen LogP contribution is -2.54. The molecule has 0 aliphatic rings. The summed E-state index contributed by atoms with van der Waals surface area (Å²) in [5.41, 5.74) is 10.7. The molecule has 24 heavy (non-hydrogen) atoms. The number of hydrogen-bond acceptors (Lipinski definition) is 5. The van der Waals surface area contributed by atoms with Crippen molar-refractivity contribution in [2.45, 2.75) is 19.5 Å². The van der Waals surface area contributed by atoms with Crippen LogP contribution in [0.4, 0.5) is 4.79 Å². The second kappa shape index (κ2) is 7.22. The molecule has 0 aromatic carbocycles. The van der Waals surface area contributed by atoms with Crippen molar-refractivity contribution in [3.63, 3.8) is 0 Å². The van der Waals surface area contributed by atoms with E-state index < -0.39 is 23.9 Å². The fourth-order valence-electron chi connectivity index (χ4n) is 1.97. The van der Waals surface area contributed by atoms with Crippen LogP contribution in [-0.4, -0.2) is 38.4 Å². The summed E-state index contributed by atoms with van der Waals surface area (Å²) in [6, 6.07) is 1.19. The van der Waals surface area contributed by atoms with Gasteiger partial charge in [-0.15, -0.1) is 0 Å². The van der Waals surface area contributed by atoms with Gasteiger partial charge in [0, 0.05) is 25.1 Å². The van der Waals surface area contributed by atoms with Crippen molar-refractivity contribution in [2.24, 2.45) is 11.5 Å². The Bertz CT molecular complexity index is 757. The van der Waals surface area contributed by atoms with Crippen LogP contribution in [0.5, 0.6) is 0 Å². The van der Waals surface area contributed by atoms with Crippen molar-refractivity contribution in [3.8, 4) is 5.82 Å². The Labute approximate surface area is 137 Å². The summed E-state index contributed by atoms with van der Waals surface area (Å²) in [5, 5.41) is 4.62. The van der Waals surface area contributed by atoms with E-state index in [4.69, 9.17) is 11.5 Å². The lowest BCUT2D eigenvalue weighted by atomic mass is 10.2. The predicted octanol–water partition coefficient (Wildman–Crippen LogP) is -1.29. The summed E-state index contributed by atoms with van der Waals surface area (Å²) < 4.78 is 1.79. The van der Waals surface area contributed by atoms with E-state index >= 15 is 0 Å². The molecule has 0 radical (unpaired) electrons. The monoisotopic (exact) mass is 331 g/mol. The van der Waals surface area contributed by atoms with Crippen LogP contribution < -0.4 is 22.1 Å². The van der Waals surface area contributed by atoms with Crippen molar-refractivity contribution in [2.75, 3.05) is 0 Å². The summed E-state index contributed by atoms with van der Waals surface area (Å²) >= 11 is 0. The van der Waals surface area contributed by atoms with Gasteiger partial charge in [0.05, 0.1) is 0 Å². The van der Waals surface area contributed by atoms with Crippen LogP contribution in [-0.2, 0) is 16.1 Å². The van der Waals surface area contributed by atoms with E-state index in [0.29, 0.717) is 5.82 Å². The number of imidazole rings is 1. The molecule has 10 nitrogen and oxygen atoms in total. The van der Waals surface area contributed by atoms with Gasteiger partial charge in [-0.2, -0.15) is 0 Å². The normalized spacial score (nSPS) is 10.4. The standard InChI is InChI=1S/C14H17N7O3/c1-8-17-4-5-21(8)10-6-9(2-3-18-10)7-19-14(24)20-11(12(15)22)13(16)23/h2-6,11H,7H2,1H3,(H2,15,22)(H2,16,23)(H2,19,20,24). The summed E-state index contributed by atoms with van der Waals surface area (Å²) in [5.74, 6) is -0.633. The topological polar surface area (TPSA) is 158 Å². The van der Waals surface area contributed by atoms with Crippen molar-refractivity contribution in [1.82, 2.24) is 25.2 Å². The molecule has 126 valence electrons. The van der Waals surface area contributed by atoms with E-state index in [-0.39, 0.29) is 6.54 Å². The number of aryl methyl sites for hydroxylation is 1. The lowest BCUT2D eigenvalue weighted by Gasteiger charge is -2.13. The predicted molar refractivity (Wildman–Crippen MR) is 83.6 cm³/mol. The van der Waals surface area contributed by atoms with E-state index in [9.17, 15) is 14.4 Å². The molecule has 2 aromatic rings. The molecule has 0 aliphatic carbocycles. The molecule has 2 heterocycles. The highest BCUT2D eigenvalue weighted by Gasteiger charge is 2.23. The fourth-order valence-corrected chi connectivity index (χ4v) is 1.97. The van der Waals surface area contributed by atoms with Gasteiger partial charge in [0.2, 0.25) is 11.8 Å². The van der Waals surface area contributed by atoms with Crippen molar-refractivity contribution in [1.29, 1.82) is 0 Å². The fraction of sp³-hybridized carbons (Fsp3) is 0.214. The molecule has 0 unspecified atom stereocenters. The SMILES string of the molecule is Cc1nccn1-c1cc(CNC(=O)NC(C(N)=O)C(N)=O)ccn1. The van der Waals surface area contributed by atoms with Crippen molar-refractivity contribution in [3.05, 3.63) is 42.1 Å². The van der Waals surface area contributed by atoms with E-state index in [1.807, 2.05) is 6.92 Å². The molecule has 6 N–H and O–H groups in total. The molecule has 0 atom stereocenters. The molecule has 0 spiro atoms. The van der Waals surface area contributed by atoms with Crippen molar-refractivity contribution < 1.29 is 14.4 Å². The number of carbonyl (C=O) groups is 3. The number of primary amides is 2. The first kappa shape index (κ1) is 16.9. The molecule has 2 aromatic heterocycles. The van der Waals surface area contributed by atoms with Crippen LogP contribution >= 0.6 is 0 Å². The quantitative estimate of drug-likeness (QED) is 0.484. The third-order valence-corrected chi connectivity index (χ3v) is 3.18. The Balaban J connectivity index is 2.00. The largest absolute Gasteiger partial charge is 0.367 e. The maximum Gasteiger partial charge on any atom is 0.316 e. The average molecular weight is 331 g/mol. The molecule has 0 bridgehead atoms. The number of rotatable bonds is 6. The minimum Gasteiger partial charge on any atom is -0.367 e. The van der Waals surface area contributed by atoms with Crippen molar-refractivity contribution >= 4 is 17.8 Å². The highest BCUT2D eigenvalue weighted by molar-refractivity contribution is 6.05. The second-order valence-electron chi connectivity index (χ2n) is 4.93. The van der Waals surface area contributed by atoms with Gasteiger partial charge in [-0.3, -0.25) is 14.2 Å². The second-order valence-corrected chi connectivity index (χ2v) is 4.93. The van der Waals surface area contributed by atoms with Crippen LogP contribution in [0.3, 0.4) is 0 Å². The van der Waals surface area contributed by atoms with Crippen LogP contribution in [0.1, 0.15) is 11.4 Å². The minimum atomic E-state index is -1.56. The van der Waals surface area contributed by atoms with Gasteiger partial charge in [-0.25, -0.2) is 14.8 Å². The first-order valence-corrected chi connectivity index (χ1v) is 6.96. The van der Waals surface area contributed by atoms with E-state index in [2.05, 4.69) is 20.6 Å².